The van der Waals surface area contributed by atoms with E-state index in [1.54, 1.807) is 12.1 Å². The Labute approximate surface area is 119 Å². The highest BCUT2D eigenvalue weighted by atomic mass is 32.2. The molecule has 110 valence electrons. The Hall–Kier alpha value is -1.11. The summed E-state index contributed by atoms with van der Waals surface area (Å²) in [5.74, 6) is 0.279. The number of nitrogen functional groups attached to an aromatic ring is 1. The summed E-state index contributed by atoms with van der Waals surface area (Å²) in [4.78, 5) is 0.213. The molecule has 3 N–H and O–H groups in total. The Morgan fingerprint density at radius 1 is 1.40 bits per heavy atom. The molecule has 0 unspecified atom stereocenters. The van der Waals surface area contributed by atoms with E-state index < -0.39 is 15.6 Å². The Kier molecular flexibility index (Phi) is 3.08. The van der Waals surface area contributed by atoms with Crippen LogP contribution in [-0.4, -0.2) is 36.5 Å². The van der Waals surface area contributed by atoms with Crippen LogP contribution >= 0.6 is 0 Å². The fourth-order valence-corrected chi connectivity index (χ4v) is 4.42. The van der Waals surface area contributed by atoms with E-state index in [4.69, 9.17) is 5.73 Å². The summed E-state index contributed by atoms with van der Waals surface area (Å²) < 4.78 is 26.3. The third-order valence-corrected chi connectivity index (χ3v) is 6.16. The van der Waals surface area contributed by atoms with Gasteiger partial charge in [0.05, 0.1) is 10.5 Å². The number of benzene rings is 1. The molecular weight excluding hydrogens is 276 g/mol. The zero-order chi connectivity index (χ0) is 14.5. The van der Waals surface area contributed by atoms with Crippen molar-refractivity contribution < 1.29 is 13.5 Å². The second-order valence-electron chi connectivity index (χ2n) is 5.87. The van der Waals surface area contributed by atoms with Crippen molar-refractivity contribution in [1.29, 1.82) is 0 Å². The summed E-state index contributed by atoms with van der Waals surface area (Å²) in [5.41, 5.74) is 6.52. The number of sulfonamides is 1. The van der Waals surface area contributed by atoms with Crippen LogP contribution in [0.1, 0.15) is 25.3 Å². The predicted octanol–water partition coefficient (Wildman–Crippen LogP) is 0.977. The van der Waals surface area contributed by atoms with Crippen molar-refractivity contribution in [2.45, 2.75) is 36.7 Å². The van der Waals surface area contributed by atoms with Gasteiger partial charge in [0.15, 0.2) is 0 Å². The molecule has 1 heterocycles. The maximum Gasteiger partial charge on any atom is 0.243 e. The van der Waals surface area contributed by atoms with Crippen LogP contribution in [0.5, 0.6) is 0 Å². The summed E-state index contributed by atoms with van der Waals surface area (Å²) in [7, 11) is -3.53. The summed E-state index contributed by atoms with van der Waals surface area (Å²) in [6.07, 6.45) is 2.78. The Morgan fingerprint density at radius 2 is 2.05 bits per heavy atom. The highest BCUT2D eigenvalue weighted by Gasteiger charge is 2.55. The number of nitrogens with two attached hydrogens (primary N) is 1. The van der Waals surface area contributed by atoms with E-state index in [9.17, 15) is 13.5 Å². The van der Waals surface area contributed by atoms with Gasteiger partial charge in [-0.05, 0) is 42.9 Å². The van der Waals surface area contributed by atoms with Crippen molar-refractivity contribution in [1.82, 2.24) is 4.31 Å². The van der Waals surface area contributed by atoms with E-state index in [2.05, 4.69) is 0 Å². The normalized spacial score (nSPS) is 22.5. The highest BCUT2D eigenvalue weighted by Crippen LogP contribution is 2.45. The molecule has 1 aliphatic carbocycles. The summed E-state index contributed by atoms with van der Waals surface area (Å²) >= 11 is 0. The molecule has 3 rings (SSSR count). The van der Waals surface area contributed by atoms with Crippen molar-refractivity contribution in [2.75, 3.05) is 18.8 Å². The van der Waals surface area contributed by atoms with Gasteiger partial charge in [-0.2, -0.15) is 4.31 Å². The third kappa shape index (κ3) is 2.12. The molecular formula is C14H20N2O3S. The lowest BCUT2D eigenvalue weighted by Crippen LogP contribution is -2.64. The molecule has 6 heteroatoms. The van der Waals surface area contributed by atoms with Gasteiger partial charge in [0.25, 0.3) is 0 Å². The van der Waals surface area contributed by atoms with Crippen LogP contribution in [-0.2, 0) is 16.4 Å². The maximum atomic E-state index is 12.5. The van der Waals surface area contributed by atoms with Gasteiger partial charge in [-0.3, -0.25) is 0 Å². The van der Waals surface area contributed by atoms with Gasteiger partial charge in [-0.15, -0.1) is 0 Å². The van der Waals surface area contributed by atoms with Crippen molar-refractivity contribution in [3.05, 3.63) is 23.8 Å². The minimum atomic E-state index is -3.53. The first kappa shape index (κ1) is 13.9. The van der Waals surface area contributed by atoms with Crippen molar-refractivity contribution in [3.63, 3.8) is 0 Å². The number of nitrogens with zero attached hydrogens (tertiary/aromatic N) is 1. The predicted molar refractivity (Wildman–Crippen MR) is 76.7 cm³/mol. The Balaban J connectivity index is 1.81. The van der Waals surface area contributed by atoms with Gasteiger partial charge < -0.3 is 10.8 Å². The van der Waals surface area contributed by atoms with E-state index in [1.165, 1.54) is 10.4 Å². The van der Waals surface area contributed by atoms with E-state index >= 15 is 0 Å². The van der Waals surface area contributed by atoms with E-state index in [1.807, 2.05) is 6.92 Å². The van der Waals surface area contributed by atoms with Gasteiger partial charge in [0.2, 0.25) is 10.0 Å². The molecule has 20 heavy (non-hydrogen) atoms. The number of aliphatic hydroxyl groups is 1. The molecule has 2 fully saturated rings. The zero-order valence-corrected chi connectivity index (χ0v) is 12.4. The van der Waals surface area contributed by atoms with Crippen LogP contribution in [0.4, 0.5) is 5.69 Å². The molecule has 1 aromatic rings. The first-order valence-corrected chi connectivity index (χ1v) is 8.42. The van der Waals surface area contributed by atoms with Crippen molar-refractivity contribution >= 4 is 15.7 Å². The largest absolute Gasteiger partial charge is 0.398 e. The van der Waals surface area contributed by atoms with Gasteiger partial charge >= 0.3 is 0 Å². The number of hydrogen-bond donors (Lipinski definition) is 2. The number of rotatable bonds is 4. The molecule has 0 spiro atoms. The monoisotopic (exact) mass is 296 g/mol. The second kappa shape index (κ2) is 4.44. The standard InChI is InChI=1S/C14H20N2O3S/c1-2-10-3-6-12(7-13(10)15)20(18,19)16-8-14(17,9-16)11-4-5-11/h3,6-7,11,17H,2,4-5,8-9,15H2,1H3. The van der Waals surface area contributed by atoms with Gasteiger partial charge in [0.1, 0.15) is 0 Å². The van der Waals surface area contributed by atoms with Crippen LogP contribution in [0.15, 0.2) is 23.1 Å². The quantitative estimate of drug-likeness (QED) is 0.811. The number of hydrogen-bond acceptors (Lipinski definition) is 4. The summed E-state index contributed by atoms with van der Waals surface area (Å²) in [6.45, 7) is 2.38. The molecule has 2 aliphatic rings. The van der Waals surface area contributed by atoms with Gasteiger partial charge in [-0.1, -0.05) is 13.0 Å². The van der Waals surface area contributed by atoms with Crippen LogP contribution in [0.25, 0.3) is 0 Å². The third-order valence-electron chi connectivity index (χ3n) is 4.37. The molecule has 5 nitrogen and oxygen atoms in total. The average Bonchev–Trinajstić information content (AvgIpc) is 3.19. The molecule has 0 aromatic heterocycles. The molecule has 0 atom stereocenters. The fourth-order valence-electron chi connectivity index (χ4n) is 2.82. The van der Waals surface area contributed by atoms with Gasteiger partial charge in [0, 0.05) is 18.8 Å². The molecule has 0 amide bonds. The van der Waals surface area contributed by atoms with Crippen LogP contribution in [0, 0.1) is 5.92 Å². The number of aryl methyl sites for hydroxylation is 1. The lowest BCUT2D eigenvalue weighted by molar-refractivity contribution is -0.0764. The molecule has 1 saturated carbocycles. The molecule has 1 saturated heterocycles. The number of anilines is 1. The minimum Gasteiger partial charge on any atom is -0.398 e. The zero-order valence-electron chi connectivity index (χ0n) is 11.5. The summed E-state index contributed by atoms with van der Waals surface area (Å²) in [6, 6.07) is 4.87. The Morgan fingerprint density at radius 3 is 2.55 bits per heavy atom. The Bertz CT molecular complexity index is 632. The second-order valence-corrected chi connectivity index (χ2v) is 7.80. The molecule has 1 aromatic carbocycles. The SMILES string of the molecule is CCc1ccc(S(=O)(=O)N2CC(O)(C3CC3)C2)cc1N. The van der Waals surface area contributed by atoms with Crippen molar-refractivity contribution in [3.8, 4) is 0 Å². The number of β-amino-alcohol motifs (C(OH)–C–C–N with tert-alkyl or cyclic N) is 1. The van der Waals surface area contributed by atoms with Gasteiger partial charge in [-0.25, -0.2) is 8.42 Å². The molecule has 0 bridgehead atoms. The van der Waals surface area contributed by atoms with E-state index in [0.29, 0.717) is 5.69 Å². The summed E-state index contributed by atoms with van der Waals surface area (Å²) in [5, 5.41) is 10.2. The topological polar surface area (TPSA) is 83.6 Å². The van der Waals surface area contributed by atoms with E-state index in [-0.39, 0.29) is 23.9 Å². The maximum absolute atomic E-state index is 12.5. The van der Waals surface area contributed by atoms with E-state index in [0.717, 1.165) is 24.8 Å². The van der Waals surface area contributed by atoms with Crippen molar-refractivity contribution in [2.24, 2.45) is 5.92 Å². The van der Waals surface area contributed by atoms with Crippen LogP contribution < -0.4 is 5.73 Å². The van der Waals surface area contributed by atoms with Crippen LogP contribution in [0.2, 0.25) is 0 Å². The molecule has 0 radical (unpaired) electrons. The highest BCUT2D eigenvalue weighted by molar-refractivity contribution is 7.89. The first-order chi connectivity index (χ1) is 9.37. The van der Waals surface area contributed by atoms with Crippen LogP contribution in [0.3, 0.4) is 0 Å². The fraction of sp³-hybridized carbons (Fsp3) is 0.571. The average molecular weight is 296 g/mol. The minimum absolute atomic E-state index is 0.204. The first-order valence-electron chi connectivity index (χ1n) is 6.98. The molecule has 1 aliphatic heterocycles. The smallest absolute Gasteiger partial charge is 0.243 e. The lowest BCUT2D eigenvalue weighted by Gasteiger charge is -2.45. The lowest BCUT2D eigenvalue weighted by atomic mass is 9.91.